The highest BCUT2D eigenvalue weighted by Gasteiger charge is 2.47. The van der Waals surface area contributed by atoms with Gasteiger partial charge in [0.05, 0.1) is 13.2 Å². The maximum absolute atomic E-state index is 5.53. The van der Waals surface area contributed by atoms with E-state index in [1.165, 1.54) is 19.4 Å². The average Bonchev–Trinajstić information content (AvgIpc) is 3.12. The Labute approximate surface area is 142 Å². The Morgan fingerprint density at radius 2 is 2.00 bits per heavy atom. The Bertz CT molecular complexity index is 502. The summed E-state index contributed by atoms with van der Waals surface area (Å²) in [6, 6.07) is 0. The van der Waals surface area contributed by atoms with Crippen LogP contribution in [0.4, 0.5) is 5.13 Å². The topological polar surface area (TPSA) is 50.7 Å². The van der Waals surface area contributed by atoms with Crippen LogP contribution in [0, 0.1) is 18.3 Å². The SMILES string of the molecule is COCCN1C[C@@H](COC)C2(CCN(c3nnc(C)s3)CC2)C1. The van der Waals surface area contributed by atoms with Crippen molar-refractivity contribution >= 4 is 16.5 Å². The lowest BCUT2D eigenvalue weighted by Gasteiger charge is -2.42. The van der Waals surface area contributed by atoms with Crippen LogP contribution >= 0.6 is 11.3 Å². The molecule has 23 heavy (non-hydrogen) atoms. The van der Waals surface area contributed by atoms with Crippen molar-refractivity contribution in [2.75, 3.05) is 65.1 Å². The Balaban J connectivity index is 1.64. The van der Waals surface area contributed by atoms with E-state index in [4.69, 9.17) is 9.47 Å². The van der Waals surface area contributed by atoms with E-state index in [-0.39, 0.29) is 0 Å². The normalized spacial score (nSPS) is 24.7. The minimum Gasteiger partial charge on any atom is -0.384 e. The summed E-state index contributed by atoms with van der Waals surface area (Å²) in [7, 11) is 3.60. The first kappa shape index (κ1) is 17.1. The second-order valence-corrected chi connectivity index (χ2v) is 7.99. The largest absolute Gasteiger partial charge is 0.384 e. The van der Waals surface area contributed by atoms with Gasteiger partial charge in [0.1, 0.15) is 5.01 Å². The number of anilines is 1. The monoisotopic (exact) mass is 340 g/mol. The van der Waals surface area contributed by atoms with E-state index in [0.29, 0.717) is 11.3 Å². The molecule has 0 unspecified atom stereocenters. The molecule has 0 bridgehead atoms. The van der Waals surface area contributed by atoms with Crippen LogP contribution in [-0.2, 0) is 9.47 Å². The van der Waals surface area contributed by atoms with Crippen molar-refractivity contribution in [2.45, 2.75) is 19.8 Å². The third kappa shape index (κ3) is 3.68. The lowest BCUT2D eigenvalue weighted by atomic mass is 9.71. The molecule has 3 rings (SSSR count). The highest BCUT2D eigenvalue weighted by molar-refractivity contribution is 7.15. The standard InChI is InChI=1S/C16H28N4O2S/c1-13-17-18-15(23-13)20-6-4-16(5-7-20)12-19(8-9-21-2)10-14(16)11-22-3/h14H,4-12H2,1-3H3/t14-/m0/s1. The fourth-order valence-corrected chi connectivity index (χ4v) is 4.83. The summed E-state index contributed by atoms with van der Waals surface area (Å²) in [5, 5.41) is 10.6. The van der Waals surface area contributed by atoms with Gasteiger partial charge in [-0.2, -0.15) is 0 Å². The Morgan fingerprint density at radius 1 is 1.22 bits per heavy atom. The maximum atomic E-state index is 5.53. The number of hydrogen-bond acceptors (Lipinski definition) is 7. The summed E-state index contributed by atoms with van der Waals surface area (Å²) in [5.41, 5.74) is 0.389. The highest BCUT2D eigenvalue weighted by Crippen LogP contribution is 2.45. The van der Waals surface area contributed by atoms with Gasteiger partial charge in [0.2, 0.25) is 5.13 Å². The first-order valence-corrected chi connectivity index (χ1v) is 9.24. The summed E-state index contributed by atoms with van der Waals surface area (Å²) < 4.78 is 10.8. The number of nitrogens with zero attached hydrogens (tertiary/aromatic N) is 4. The van der Waals surface area contributed by atoms with E-state index in [1.807, 2.05) is 14.0 Å². The van der Waals surface area contributed by atoms with Gasteiger partial charge in [0.15, 0.2) is 0 Å². The minimum atomic E-state index is 0.389. The summed E-state index contributed by atoms with van der Waals surface area (Å²) in [4.78, 5) is 4.95. The number of hydrogen-bond donors (Lipinski definition) is 0. The summed E-state index contributed by atoms with van der Waals surface area (Å²) in [5.74, 6) is 0.627. The average molecular weight is 340 g/mol. The van der Waals surface area contributed by atoms with Crippen molar-refractivity contribution in [3.8, 4) is 0 Å². The number of aromatic nitrogens is 2. The van der Waals surface area contributed by atoms with Crippen molar-refractivity contribution in [3.63, 3.8) is 0 Å². The fourth-order valence-electron chi connectivity index (χ4n) is 4.09. The molecule has 130 valence electrons. The number of rotatable bonds is 6. The van der Waals surface area contributed by atoms with E-state index in [1.54, 1.807) is 18.4 Å². The first-order valence-electron chi connectivity index (χ1n) is 8.42. The number of aryl methyl sites for hydroxylation is 1. The van der Waals surface area contributed by atoms with Crippen molar-refractivity contribution in [1.29, 1.82) is 0 Å². The molecule has 1 spiro atoms. The Hall–Kier alpha value is -0.760. The predicted molar refractivity (Wildman–Crippen MR) is 92.2 cm³/mol. The van der Waals surface area contributed by atoms with E-state index >= 15 is 0 Å². The summed E-state index contributed by atoms with van der Waals surface area (Å²) in [6.45, 7) is 9.18. The molecular weight excluding hydrogens is 312 g/mol. The second-order valence-electron chi connectivity index (χ2n) is 6.83. The summed E-state index contributed by atoms with van der Waals surface area (Å²) >= 11 is 1.70. The molecule has 0 aliphatic carbocycles. The van der Waals surface area contributed by atoms with Crippen LogP contribution in [0.25, 0.3) is 0 Å². The fraction of sp³-hybridized carbons (Fsp3) is 0.875. The molecule has 3 heterocycles. The molecule has 2 fully saturated rings. The summed E-state index contributed by atoms with van der Waals surface area (Å²) in [6.07, 6.45) is 2.42. The van der Waals surface area contributed by atoms with Crippen LogP contribution in [-0.4, -0.2) is 75.3 Å². The van der Waals surface area contributed by atoms with Crippen LogP contribution < -0.4 is 4.90 Å². The highest BCUT2D eigenvalue weighted by atomic mass is 32.1. The molecule has 0 amide bonds. The third-order valence-corrected chi connectivity index (χ3v) is 6.31. The van der Waals surface area contributed by atoms with Gasteiger partial charge in [-0.25, -0.2) is 0 Å². The molecule has 1 aromatic rings. The van der Waals surface area contributed by atoms with Crippen LogP contribution in [0.15, 0.2) is 0 Å². The van der Waals surface area contributed by atoms with Crippen molar-refractivity contribution in [3.05, 3.63) is 5.01 Å². The van der Waals surface area contributed by atoms with Crippen LogP contribution in [0.5, 0.6) is 0 Å². The first-order chi connectivity index (χ1) is 11.2. The van der Waals surface area contributed by atoms with Crippen molar-refractivity contribution in [1.82, 2.24) is 15.1 Å². The molecule has 1 aromatic heterocycles. The van der Waals surface area contributed by atoms with Gasteiger partial charge >= 0.3 is 0 Å². The zero-order chi connectivity index (χ0) is 16.3. The molecule has 0 radical (unpaired) electrons. The predicted octanol–water partition coefficient (Wildman–Crippen LogP) is 1.66. The smallest absolute Gasteiger partial charge is 0.208 e. The molecule has 2 saturated heterocycles. The number of methoxy groups -OCH3 is 2. The lowest BCUT2D eigenvalue weighted by Crippen LogP contribution is -2.45. The quantitative estimate of drug-likeness (QED) is 0.785. The zero-order valence-corrected chi connectivity index (χ0v) is 15.3. The zero-order valence-electron chi connectivity index (χ0n) is 14.5. The molecule has 0 aromatic carbocycles. The molecular formula is C16H28N4O2S. The van der Waals surface area contributed by atoms with Gasteiger partial charge in [0.25, 0.3) is 0 Å². The van der Waals surface area contributed by atoms with Crippen LogP contribution in [0.1, 0.15) is 17.8 Å². The van der Waals surface area contributed by atoms with Crippen LogP contribution in [0.2, 0.25) is 0 Å². The molecule has 0 N–H and O–H groups in total. The molecule has 6 nitrogen and oxygen atoms in total. The second kappa shape index (κ2) is 7.42. The lowest BCUT2D eigenvalue weighted by molar-refractivity contribution is 0.0761. The molecule has 0 saturated carbocycles. The Morgan fingerprint density at radius 3 is 2.61 bits per heavy atom. The van der Waals surface area contributed by atoms with Gasteiger partial charge < -0.3 is 19.3 Å². The van der Waals surface area contributed by atoms with E-state index in [9.17, 15) is 0 Å². The molecule has 2 aliphatic heterocycles. The maximum Gasteiger partial charge on any atom is 0.208 e. The number of piperidine rings is 1. The Kier molecular flexibility index (Phi) is 5.51. The van der Waals surface area contributed by atoms with E-state index < -0.39 is 0 Å². The minimum absolute atomic E-state index is 0.389. The van der Waals surface area contributed by atoms with Crippen molar-refractivity contribution < 1.29 is 9.47 Å². The number of ether oxygens (including phenoxy) is 2. The van der Waals surface area contributed by atoms with Crippen molar-refractivity contribution in [2.24, 2.45) is 11.3 Å². The van der Waals surface area contributed by atoms with Crippen LogP contribution in [0.3, 0.4) is 0 Å². The molecule has 7 heteroatoms. The van der Waals surface area contributed by atoms with E-state index in [0.717, 1.165) is 49.5 Å². The van der Waals surface area contributed by atoms with Gasteiger partial charge in [-0.15, -0.1) is 10.2 Å². The third-order valence-electron chi connectivity index (χ3n) is 5.41. The van der Waals surface area contributed by atoms with Gasteiger partial charge in [-0.3, -0.25) is 0 Å². The van der Waals surface area contributed by atoms with Gasteiger partial charge in [-0.1, -0.05) is 11.3 Å². The molecule has 2 aliphatic rings. The van der Waals surface area contributed by atoms with Gasteiger partial charge in [-0.05, 0) is 25.2 Å². The number of likely N-dealkylation sites (tertiary alicyclic amines) is 1. The van der Waals surface area contributed by atoms with Gasteiger partial charge in [0, 0.05) is 52.9 Å². The molecule has 1 atom stereocenters. The van der Waals surface area contributed by atoms with E-state index in [2.05, 4.69) is 20.0 Å².